The van der Waals surface area contributed by atoms with Gasteiger partial charge in [0.15, 0.2) is 17.3 Å². The largest absolute Gasteiger partial charge is 0.490 e. The van der Waals surface area contributed by atoms with E-state index in [9.17, 15) is 4.79 Å². The zero-order valence-electron chi connectivity index (χ0n) is 13.6. The van der Waals surface area contributed by atoms with Crippen LogP contribution in [-0.4, -0.2) is 12.4 Å². The van der Waals surface area contributed by atoms with Gasteiger partial charge in [0.1, 0.15) is 6.61 Å². The van der Waals surface area contributed by atoms with Crippen molar-refractivity contribution in [2.75, 3.05) is 6.61 Å². The van der Waals surface area contributed by atoms with Gasteiger partial charge in [0.05, 0.1) is 6.61 Å². The molecule has 0 radical (unpaired) electrons. The van der Waals surface area contributed by atoms with Crippen molar-refractivity contribution in [3.63, 3.8) is 0 Å². The van der Waals surface area contributed by atoms with E-state index in [4.69, 9.17) is 9.47 Å². The monoisotopic (exact) mass is 298 g/mol. The lowest BCUT2D eigenvalue weighted by Gasteiger charge is -2.14. The van der Waals surface area contributed by atoms with Gasteiger partial charge in [-0.1, -0.05) is 23.8 Å². The van der Waals surface area contributed by atoms with Crippen LogP contribution in [0.5, 0.6) is 11.5 Å². The van der Waals surface area contributed by atoms with Gasteiger partial charge in [-0.15, -0.1) is 0 Å². The van der Waals surface area contributed by atoms with E-state index in [-0.39, 0.29) is 5.78 Å². The Morgan fingerprint density at radius 3 is 2.45 bits per heavy atom. The van der Waals surface area contributed by atoms with Crippen molar-refractivity contribution >= 4 is 5.78 Å². The molecule has 0 saturated heterocycles. The predicted molar refractivity (Wildman–Crippen MR) is 87.9 cm³/mol. The second-order valence-electron chi connectivity index (χ2n) is 5.37. The summed E-state index contributed by atoms with van der Waals surface area (Å²) in [7, 11) is 0. The van der Waals surface area contributed by atoms with Crippen LogP contribution in [0.15, 0.2) is 36.4 Å². The molecule has 0 atom stereocenters. The van der Waals surface area contributed by atoms with Crippen molar-refractivity contribution in [1.29, 1.82) is 0 Å². The van der Waals surface area contributed by atoms with Gasteiger partial charge in [0, 0.05) is 5.56 Å². The molecule has 0 aliphatic heterocycles. The Labute approximate surface area is 131 Å². The summed E-state index contributed by atoms with van der Waals surface area (Å²) < 4.78 is 11.5. The van der Waals surface area contributed by atoms with E-state index < -0.39 is 0 Å². The van der Waals surface area contributed by atoms with Gasteiger partial charge >= 0.3 is 0 Å². The van der Waals surface area contributed by atoms with E-state index in [0.717, 1.165) is 5.56 Å². The van der Waals surface area contributed by atoms with Crippen LogP contribution in [0.3, 0.4) is 0 Å². The fraction of sp³-hybridized carbons (Fsp3) is 0.316. The summed E-state index contributed by atoms with van der Waals surface area (Å²) in [5.74, 6) is 1.29. The molecule has 2 rings (SSSR count). The Hall–Kier alpha value is -2.29. The van der Waals surface area contributed by atoms with Crippen LogP contribution < -0.4 is 9.47 Å². The molecule has 2 aromatic carbocycles. The Morgan fingerprint density at radius 1 is 1.00 bits per heavy atom. The highest BCUT2D eigenvalue weighted by Gasteiger charge is 2.10. The SMILES string of the molecule is CCOc1cc(C(C)=O)ccc1OCc1cc(C)ccc1C. The maximum atomic E-state index is 11.5. The number of carbonyl (C=O) groups is 1. The molecule has 0 fully saturated rings. The zero-order valence-corrected chi connectivity index (χ0v) is 13.6. The number of aryl methyl sites for hydroxylation is 2. The quantitative estimate of drug-likeness (QED) is 0.737. The fourth-order valence-corrected chi connectivity index (χ4v) is 2.23. The molecule has 3 heteroatoms. The minimum atomic E-state index is 0.0158. The second-order valence-corrected chi connectivity index (χ2v) is 5.37. The van der Waals surface area contributed by atoms with Crippen molar-refractivity contribution in [1.82, 2.24) is 0 Å². The number of hydrogen-bond acceptors (Lipinski definition) is 3. The molecule has 0 unspecified atom stereocenters. The smallest absolute Gasteiger partial charge is 0.161 e. The van der Waals surface area contributed by atoms with Crippen LogP contribution in [-0.2, 0) is 6.61 Å². The molecule has 0 spiro atoms. The van der Waals surface area contributed by atoms with Crippen LogP contribution in [0.2, 0.25) is 0 Å². The van der Waals surface area contributed by atoms with Crippen LogP contribution in [0.25, 0.3) is 0 Å². The third-order valence-corrected chi connectivity index (χ3v) is 3.54. The maximum Gasteiger partial charge on any atom is 0.161 e. The predicted octanol–water partition coefficient (Wildman–Crippen LogP) is 4.48. The molecule has 0 aliphatic rings. The molecule has 0 saturated carbocycles. The number of ether oxygens (including phenoxy) is 2. The minimum absolute atomic E-state index is 0.0158. The van der Waals surface area contributed by atoms with E-state index >= 15 is 0 Å². The molecule has 3 nitrogen and oxygen atoms in total. The first-order valence-electron chi connectivity index (χ1n) is 7.48. The van der Waals surface area contributed by atoms with Gasteiger partial charge in [-0.3, -0.25) is 4.79 Å². The number of ketones is 1. The fourth-order valence-electron chi connectivity index (χ4n) is 2.23. The van der Waals surface area contributed by atoms with E-state index in [0.29, 0.717) is 30.3 Å². The van der Waals surface area contributed by atoms with E-state index in [1.54, 1.807) is 25.1 Å². The molecular weight excluding hydrogens is 276 g/mol. The van der Waals surface area contributed by atoms with Crippen molar-refractivity contribution < 1.29 is 14.3 Å². The molecule has 22 heavy (non-hydrogen) atoms. The maximum absolute atomic E-state index is 11.5. The first kappa shape index (κ1) is 16.1. The standard InChI is InChI=1S/C19H22O3/c1-5-21-19-11-16(15(4)20)8-9-18(19)22-12-17-10-13(2)6-7-14(17)3/h6-11H,5,12H2,1-4H3. The summed E-state index contributed by atoms with van der Waals surface area (Å²) in [4.78, 5) is 11.5. The van der Waals surface area contributed by atoms with Gasteiger partial charge < -0.3 is 9.47 Å². The molecule has 0 aliphatic carbocycles. The normalized spacial score (nSPS) is 10.4. The number of Topliss-reactive ketones (excluding diaryl/α,β-unsaturated/α-hetero) is 1. The first-order valence-corrected chi connectivity index (χ1v) is 7.48. The van der Waals surface area contributed by atoms with E-state index in [2.05, 4.69) is 32.0 Å². The average Bonchev–Trinajstić information content (AvgIpc) is 2.49. The van der Waals surface area contributed by atoms with Crippen LogP contribution in [0, 0.1) is 13.8 Å². The molecule has 0 heterocycles. The van der Waals surface area contributed by atoms with Crippen molar-refractivity contribution in [3.8, 4) is 11.5 Å². The van der Waals surface area contributed by atoms with Gasteiger partial charge in [-0.2, -0.15) is 0 Å². The Morgan fingerprint density at radius 2 is 1.77 bits per heavy atom. The molecule has 0 N–H and O–H groups in total. The second kappa shape index (κ2) is 7.12. The highest BCUT2D eigenvalue weighted by atomic mass is 16.5. The molecule has 0 bridgehead atoms. The average molecular weight is 298 g/mol. The lowest BCUT2D eigenvalue weighted by atomic mass is 10.1. The third kappa shape index (κ3) is 3.88. The van der Waals surface area contributed by atoms with Crippen LogP contribution >= 0.6 is 0 Å². The van der Waals surface area contributed by atoms with Gasteiger partial charge in [0.2, 0.25) is 0 Å². The Kier molecular flexibility index (Phi) is 5.21. The summed E-state index contributed by atoms with van der Waals surface area (Å²) in [6.45, 7) is 8.60. The number of benzene rings is 2. The summed E-state index contributed by atoms with van der Waals surface area (Å²) in [5.41, 5.74) is 4.19. The summed E-state index contributed by atoms with van der Waals surface area (Å²) in [6, 6.07) is 11.6. The summed E-state index contributed by atoms with van der Waals surface area (Å²) in [5, 5.41) is 0. The van der Waals surface area contributed by atoms with Crippen LogP contribution in [0.1, 0.15) is 40.9 Å². The topological polar surface area (TPSA) is 35.5 Å². The zero-order chi connectivity index (χ0) is 16.1. The highest BCUT2D eigenvalue weighted by molar-refractivity contribution is 5.94. The minimum Gasteiger partial charge on any atom is -0.490 e. The number of carbonyl (C=O) groups excluding carboxylic acids is 1. The lowest BCUT2D eigenvalue weighted by Crippen LogP contribution is -2.03. The molecule has 116 valence electrons. The summed E-state index contributed by atoms with van der Waals surface area (Å²) >= 11 is 0. The summed E-state index contributed by atoms with van der Waals surface area (Å²) in [6.07, 6.45) is 0. The number of rotatable bonds is 6. The first-order chi connectivity index (χ1) is 10.5. The molecule has 0 amide bonds. The van der Waals surface area contributed by atoms with Gasteiger partial charge in [0.25, 0.3) is 0 Å². The Balaban J connectivity index is 2.21. The molecular formula is C19H22O3. The lowest BCUT2D eigenvalue weighted by molar-refractivity contribution is 0.101. The van der Waals surface area contributed by atoms with Crippen LogP contribution in [0.4, 0.5) is 0 Å². The Bertz CT molecular complexity index is 674. The van der Waals surface area contributed by atoms with Gasteiger partial charge in [-0.25, -0.2) is 0 Å². The van der Waals surface area contributed by atoms with E-state index in [1.165, 1.54) is 11.1 Å². The highest BCUT2D eigenvalue weighted by Crippen LogP contribution is 2.29. The van der Waals surface area contributed by atoms with E-state index in [1.807, 2.05) is 6.92 Å². The van der Waals surface area contributed by atoms with Crippen molar-refractivity contribution in [3.05, 3.63) is 58.7 Å². The van der Waals surface area contributed by atoms with Gasteiger partial charge in [-0.05, 0) is 57.0 Å². The van der Waals surface area contributed by atoms with Crippen molar-refractivity contribution in [2.24, 2.45) is 0 Å². The molecule has 0 aromatic heterocycles. The molecule has 2 aromatic rings. The number of hydrogen-bond donors (Lipinski definition) is 0. The van der Waals surface area contributed by atoms with Crippen molar-refractivity contribution in [2.45, 2.75) is 34.3 Å². The third-order valence-electron chi connectivity index (χ3n) is 3.54.